The fourth-order valence-electron chi connectivity index (χ4n) is 4.71. The summed E-state index contributed by atoms with van der Waals surface area (Å²) in [6.07, 6.45) is 5.44. The van der Waals surface area contributed by atoms with Crippen LogP contribution in [0.1, 0.15) is 61.1 Å². The van der Waals surface area contributed by atoms with E-state index in [1.165, 1.54) is 5.56 Å². The number of hydrogen-bond donors (Lipinski definition) is 1. The number of pyridine rings is 1. The second-order valence-electron chi connectivity index (χ2n) is 9.66. The van der Waals surface area contributed by atoms with Crippen LogP contribution in [0.15, 0.2) is 73.1 Å². The normalized spacial score (nSPS) is 15.0. The van der Waals surface area contributed by atoms with Crippen LogP contribution in [0.25, 0.3) is 22.4 Å². The summed E-state index contributed by atoms with van der Waals surface area (Å²) in [6.45, 7) is 7.69. The highest BCUT2D eigenvalue weighted by Gasteiger charge is 2.31. The van der Waals surface area contributed by atoms with Crippen molar-refractivity contribution in [2.45, 2.75) is 58.7 Å². The van der Waals surface area contributed by atoms with E-state index in [-0.39, 0.29) is 11.9 Å². The van der Waals surface area contributed by atoms with Gasteiger partial charge in [-0.3, -0.25) is 14.5 Å². The third-order valence-electron chi connectivity index (χ3n) is 6.68. The molecular weight excluding hydrogens is 448 g/mol. The molecule has 36 heavy (non-hydrogen) atoms. The van der Waals surface area contributed by atoms with Crippen LogP contribution >= 0.6 is 0 Å². The molecule has 0 fully saturated rings. The summed E-state index contributed by atoms with van der Waals surface area (Å²) in [6, 6.07) is 20.4. The van der Waals surface area contributed by atoms with Gasteiger partial charge in [0.05, 0.1) is 6.54 Å². The monoisotopic (exact) mass is 480 g/mol. The molecule has 0 aliphatic carbocycles. The number of rotatable bonds is 8. The van der Waals surface area contributed by atoms with E-state index in [4.69, 9.17) is 9.84 Å². The molecular formula is C30H32N4O2. The maximum absolute atomic E-state index is 13.2. The Hall–Kier alpha value is -3.93. The van der Waals surface area contributed by atoms with E-state index in [1.807, 2.05) is 41.1 Å². The van der Waals surface area contributed by atoms with Crippen LogP contribution in [0.3, 0.4) is 0 Å². The number of nitrogens with zero attached hydrogens (tertiary/aromatic N) is 3. The van der Waals surface area contributed by atoms with Crippen molar-refractivity contribution in [2.75, 3.05) is 0 Å². The molecule has 184 valence electrons. The number of ether oxygens (including phenoxy) is 1. The van der Waals surface area contributed by atoms with Crippen molar-refractivity contribution >= 4 is 5.91 Å². The van der Waals surface area contributed by atoms with Crippen LogP contribution in [0, 0.1) is 0 Å². The Morgan fingerprint density at radius 2 is 1.72 bits per heavy atom. The van der Waals surface area contributed by atoms with Gasteiger partial charge in [0.2, 0.25) is 0 Å². The number of benzene rings is 2. The number of carbonyl (C=O) groups is 1. The van der Waals surface area contributed by atoms with E-state index in [0.717, 1.165) is 46.5 Å². The fourth-order valence-corrected chi connectivity index (χ4v) is 4.71. The highest BCUT2D eigenvalue weighted by atomic mass is 16.5. The zero-order chi connectivity index (χ0) is 25.1. The molecule has 1 aliphatic rings. The van der Waals surface area contributed by atoms with Gasteiger partial charge >= 0.3 is 0 Å². The number of nitrogens with one attached hydrogen (secondary N) is 1. The maximum Gasteiger partial charge on any atom is 0.270 e. The van der Waals surface area contributed by atoms with Crippen molar-refractivity contribution < 1.29 is 9.53 Å². The van der Waals surface area contributed by atoms with Crippen LogP contribution in [0.2, 0.25) is 0 Å². The molecule has 0 bridgehead atoms. The summed E-state index contributed by atoms with van der Waals surface area (Å²) in [7, 11) is 0. The molecule has 1 amide bonds. The molecule has 3 heterocycles. The summed E-state index contributed by atoms with van der Waals surface area (Å²) >= 11 is 0. The Morgan fingerprint density at radius 3 is 2.39 bits per heavy atom. The Balaban J connectivity index is 1.43. The van der Waals surface area contributed by atoms with Crippen LogP contribution in [0.5, 0.6) is 5.75 Å². The van der Waals surface area contributed by atoms with Crippen LogP contribution in [0.4, 0.5) is 0 Å². The van der Waals surface area contributed by atoms with E-state index in [0.29, 0.717) is 24.8 Å². The average Bonchev–Trinajstić information content (AvgIpc) is 3.29. The van der Waals surface area contributed by atoms with Gasteiger partial charge in [0, 0.05) is 29.6 Å². The molecule has 4 aromatic rings. The molecule has 0 saturated heterocycles. The third kappa shape index (κ3) is 4.89. The number of hydrogen-bond acceptors (Lipinski definition) is 4. The van der Waals surface area contributed by atoms with Gasteiger partial charge in [-0.25, -0.2) is 0 Å². The number of aromatic nitrogens is 3. The summed E-state index contributed by atoms with van der Waals surface area (Å²) in [5.41, 5.74) is 6.55. The fraction of sp³-hybridized carbons (Fsp3) is 0.300. The standard InChI is InChI=1S/C30H32N4O2/c1-4-5-25-18-34-29(30(35)32-25)27(28(33-34)24-14-16-31-17-15-24)23-10-12-26(13-11-23)36-19-21-6-8-22(9-7-21)20(2)3/h6-17,20,25H,4-5,18-19H2,1-3H3,(H,32,35). The van der Waals surface area contributed by atoms with Crippen molar-refractivity contribution in [3.63, 3.8) is 0 Å². The minimum absolute atomic E-state index is 0.0762. The quantitative estimate of drug-likeness (QED) is 0.325. The Kier molecular flexibility index (Phi) is 6.85. The lowest BCUT2D eigenvalue weighted by atomic mass is 9.97. The van der Waals surface area contributed by atoms with E-state index in [1.54, 1.807) is 12.4 Å². The van der Waals surface area contributed by atoms with Gasteiger partial charge in [-0.15, -0.1) is 0 Å². The number of carbonyl (C=O) groups excluding carboxylic acids is 1. The van der Waals surface area contributed by atoms with Gasteiger partial charge in [-0.05, 0) is 53.3 Å². The minimum atomic E-state index is -0.0762. The summed E-state index contributed by atoms with van der Waals surface area (Å²) in [5.74, 6) is 1.22. The molecule has 0 saturated carbocycles. The molecule has 1 N–H and O–H groups in total. The lowest BCUT2D eigenvalue weighted by molar-refractivity contribution is 0.0893. The Labute approximate surface area is 212 Å². The van der Waals surface area contributed by atoms with Gasteiger partial charge < -0.3 is 10.1 Å². The first-order valence-electron chi connectivity index (χ1n) is 12.7. The zero-order valence-electron chi connectivity index (χ0n) is 21.1. The van der Waals surface area contributed by atoms with E-state index in [9.17, 15) is 4.79 Å². The van der Waals surface area contributed by atoms with E-state index >= 15 is 0 Å². The first kappa shape index (κ1) is 23.8. The molecule has 6 heteroatoms. The molecule has 2 aromatic carbocycles. The van der Waals surface area contributed by atoms with Crippen LogP contribution in [-0.4, -0.2) is 26.7 Å². The molecule has 1 unspecified atom stereocenters. The van der Waals surface area contributed by atoms with E-state index in [2.05, 4.69) is 55.3 Å². The van der Waals surface area contributed by atoms with Crippen LogP contribution < -0.4 is 10.1 Å². The van der Waals surface area contributed by atoms with E-state index < -0.39 is 0 Å². The molecule has 5 rings (SSSR count). The van der Waals surface area contributed by atoms with Gasteiger partial charge in [-0.1, -0.05) is 63.6 Å². The first-order valence-corrected chi connectivity index (χ1v) is 12.7. The highest BCUT2D eigenvalue weighted by Crippen LogP contribution is 2.36. The van der Waals surface area contributed by atoms with Crippen molar-refractivity contribution in [1.82, 2.24) is 20.1 Å². The number of fused-ring (bicyclic) bond motifs is 1. The summed E-state index contributed by atoms with van der Waals surface area (Å²) in [4.78, 5) is 17.3. The van der Waals surface area contributed by atoms with Gasteiger partial charge in [0.15, 0.2) is 0 Å². The van der Waals surface area contributed by atoms with Crippen molar-refractivity contribution in [1.29, 1.82) is 0 Å². The first-order chi connectivity index (χ1) is 17.5. The van der Waals surface area contributed by atoms with Gasteiger partial charge in [0.1, 0.15) is 23.7 Å². The predicted octanol–water partition coefficient (Wildman–Crippen LogP) is 6.23. The largest absolute Gasteiger partial charge is 0.489 e. The third-order valence-corrected chi connectivity index (χ3v) is 6.68. The lowest BCUT2D eigenvalue weighted by Gasteiger charge is -2.24. The molecule has 0 radical (unpaired) electrons. The second-order valence-corrected chi connectivity index (χ2v) is 9.66. The predicted molar refractivity (Wildman–Crippen MR) is 142 cm³/mol. The van der Waals surface area contributed by atoms with Gasteiger partial charge in [0.25, 0.3) is 5.91 Å². The second kappa shape index (κ2) is 10.4. The summed E-state index contributed by atoms with van der Waals surface area (Å²) in [5, 5.41) is 8.07. The average molecular weight is 481 g/mol. The van der Waals surface area contributed by atoms with Crippen molar-refractivity contribution in [3.8, 4) is 28.1 Å². The molecule has 2 aromatic heterocycles. The number of amides is 1. The molecule has 6 nitrogen and oxygen atoms in total. The maximum atomic E-state index is 13.2. The Bertz CT molecular complexity index is 1330. The highest BCUT2D eigenvalue weighted by molar-refractivity contribution is 6.03. The van der Waals surface area contributed by atoms with Crippen LogP contribution in [-0.2, 0) is 13.2 Å². The van der Waals surface area contributed by atoms with Crippen molar-refractivity contribution in [3.05, 3.63) is 89.9 Å². The van der Waals surface area contributed by atoms with Gasteiger partial charge in [-0.2, -0.15) is 5.10 Å². The lowest BCUT2D eigenvalue weighted by Crippen LogP contribution is -2.44. The topological polar surface area (TPSA) is 69.0 Å². The van der Waals surface area contributed by atoms with Crippen molar-refractivity contribution in [2.24, 2.45) is 0 Å². The smallest absolute Gasteiger partial charge is 0.270 e. The molecule has 1 atom stereocenters. The molecule has 0 spiro atoms. The Morgan fingerprint density at radius 1 is 1.00 bits per heavy atom. The minimum Gasteiger partial charge on any atom is -0.489 e. The summed E-state index contributed by atoms with van der Waals surface area (Å²) < 4.78 is 7.92. The molecule has 1 aliphatic heterocycles. The SMILES string of the molecule is CCCC1Cn2nc(-c3ccncc3)c(-c3ccc(OCc4ccc(C(C)C)cc4)cc3)c2C(=O)N1. The zero-order valence-corrected chi connectivity index (χ0v) is 21.1.